The van der Waals surface area contributed by atoms with Gasteiger partial charge in [-0.15, -0.1) is 0 Å². The van der Waals surface area contributed by atoms with Crippen molar-refractivity contribution >= 4 is 50.5 Å². The highest BCUT2D eigenvalue weighted by atomic mass is 79.9. The molecule has 3 aromatic rings. The van der Waals surface area contributed by atoms with Gasteiger partial charge in [-0.2, -0.15) is 5.10 Å². The number of hydrogen-bond donors (Lipinski definition) is 2. The number of nitrogens with zero attached hydrogens (tertiary/aromatic N) is 3. The van der Waals surface area contributed by atoms with E-state index in [2.05, 4.69) is 31.7 Å². The van der Waals surface area contributed by atoms with Crippen LogP contribution in [0.25, 0.3) is 0 Å². The fourth-order valence-electron chi connectivity index (χ4n) is 2.33. The second-order valence-corrected chi connectivity index (χ2v) is 6.76. The lowest BCUT2D eigenvalue weighted by atomic mass is 10.2. The van der Waals surface area contributed by atoms with Crippen molar-refractivity contribution in [1.29, 1.82) is 0 Å². The Morgan fingerprint density at radius 3 is 2.78 bits per heavy atom. The predicted octanol–water partition coefficient (Wildman–Crippen LogP) is 4.55. The van der Waals surface area contributed by atoms with E-state index in [4.69, 9.17) is 12.2 Å². The fourth-order valence-corrected chi connectivity index (χ4v) is 2.96. The molecule has 0 spiro atoms. The van der Waals surface area contributed by atoms with E-state index in [1.165, 1.54) is 18.2 Å². The van der Waals surface area contributed by atoms with Gasteiger partial charge in [-0.25, -0.2) is 4.39 Å². The van der Waals surface area contributed by atoms with E-state index in [0.717, 1.165) is 0 Å². The fraction of sp³-hybridized carbons (Fsp3) is 0.0588. The van der Waals surface area contributed by atoms with Gasteiger partial charge < -0.3 is 10.6 Å². The molecule has 0 amide bonds. The molecule has 7 nitrogen and oxygen atoms in total. The van der Waals surface area contributed by atoms with Crippen LogP contribution in [0.1, 0.15) is 5.56 Å². The first-order valence-electron chi connectivity index (χ1n) is 7.71. The van der Waals surface area contributed by atoms with E-state index in [1.54, 1.807) is 41.2 Å². The van der Waals surface area contributed by atoms with Gasteiger partial charge >= 0.3 is 0 Å². The number of non-ortho nitro benzene ring substituents is 1. The zero-order chi connectivity index (χ0) is 19.4. The minimum atomic E-state index is -0.484. The maximum Gasteiger partial charge on any atom is 0.271 e. The Balaban J connectivity index is 1.68. The minimum Gasteiger partial charge on any atom is -0.332 e. The molecule has 1 aromatic heterocycles. The molecule has 0 unspecified atom stereocenters. The molecule has 0 aliphatic rings. The number of nitrogens with one attached hydrogen (secondary N) is 2. The van der Waals surface area contributed by atoms with E-state index >= 15 is 0 Å². The molecule has 2 N–H and O–H groups in total. The second kappa shape index (κ2) is 8.23. The third-order valence-electron chi connectivity index (χ3n) is 3.55. The Hall–Kier alpha value is -2.85. The number of benzene rings is 2. The first-order valence-corrected chi connectivity index (χ1v) is 8.91. The molecule has 10 heteroatoms. The van der Waals surface area contributed by atoms with Gasteiger partial charge in [0.25, 0.3) is 5.69 Å². The standard InChI is InChI=1S/C17H13BrFN5O2S/c18-14-10-23(9-11-4-1-2-7-15(11)19)22-16(14)21-17(27)20-12-5-3-6-13(8-12)24(25)26/h1-8,10H,9H2,(H2,20,21,22,27). The van der Waals surface area contributed by atoms with Crippen molar-refractivity contribution in [1.82, 2.24) is 9.78 Å². The monoisotopic (exact) mass is 449 g/mol. The van der Waals surface area contributed by atoms with Crippen LogP contribution in [-0.2, 0) is 6.54 Å². The van der Waals surface area contributed by atoms with Crippen molar-refractivity contribution in [3.63, 3.8) is 0 Å². The van der Waals surface area contributed by atoms with Crippen molar-refractivity contribution in [2.45, 2.75) is 6.54 Å². The SMILES string of the molecule is O=[N+]([O-])c1cccc(NC(=S)Nc2nn(Cc3ccccc3F)cc2Br)c1. The van der Waals surface area contributed by atoms with Crippen LogP contribution in [0.3, 0.4) is 0 Å². The highest BCUT2D eigenvalue weighted by Gasteiger charge is 2.11. The molecular formula is C17H13BrFN5O2S. The first-order chi connectivity index (χ1) is 12.9. The van der Waals surface area contributed by atoms with Crippen molar-refractivity contribution in [2.24, 2.45) is 0 Å². The number of aromatic nitrogens is 2. The maximum atomic E-state index is 13.8. The Labute approximate surface area is 167 Å². The molecule has 0 saturated heterocycles. The lowest BCUT2D eigenvalue weighted by Gasteiger charge is -2.09. The molecule has 27 heavy (non-hydrogen) atoms. The molecule has 0 radical (unpaired) electrons. The molecule has 0 bridgehead atoms. The molecule has 0 aliphatic heterocycles. The van der Waals surface area contributed by atoms with Crippen LogP contribution in [0, 0.1) is 15.9 Å². The van der Waals surface area contributed by atoms with Gasteiger partial charge in [-0.05, 0) is 40.3 Å². The molecule has 1 heterocycles. The summed E-state index contributed by atoms with van der Waals surface area (Å²) in [4.78, 5) is 10.4. The Morgan fingerprint density at radius 2 is 2.04 bits per heavy atom. The average molecular weight is 450 g/mol. The Bertz CT molecular complexity index is 1010. The highest BCUT2D eigenvalue weighted by molar-refractivity contribution is 9.10. The third kappa shape index (κ3) is 4.86. The van der Waals surface area contributed by atoms with Gasteiger partial charge in [-0.1, -0.05) is 24.3 Å². The van der Waals surface area contributed by atoms with Crippen LogP contribution >= 0.6 is 28.1 Å². The van der Waals surface area contributed by atoms with E-state index in [1.807, 2.05) is 0 Å². The van der Waals surface area contributed by atoms with Crippen LogP contribution in [0.15, 0.2) is 59.2 Å². The van der Waals surface area contributed by atoms with Crippen LogP contribution < -0.4 is 10.6 Å². The van der Waals surface area contributed by atoms with Crippen LogP contribution in [0.5, 0.6) is 0 Å². The number of hydrogen-bond acceptors (Lipinski definition) is 4. The van der Waals surface area contributed by atoms with Gasteiger partial charge in [0.2, 0.25) is 0 Å². The third-order valence-corrected chi connectivity index (χ3v) is 4.34. The molecule has 0 saturated carbocycles. The Morgan fingerprint density at radius 1 is 1.26 bits per heavy atom. The molecule has 138 valence electrons. The molecule has 2 aromatic carbocycles. The van der Waals surface area contributed by atoms with Gasteiger partial charge in [0.1, 0.15) is 5.82 Å². The van der Waals surface area contributed by atoms with E-state index < -0.39 is 4.92 Å². The molecule has 0 fully saturated rings. The predicted molar refractivity (Wildman–Crippen MR) is 108 cm³/mol. The van der Waals surface area contributed by atoms with Crippen LogP contribution in [0.4, 0.5) is 21.6 Å². The van der Waals surface area contributed by atoms with Crippen molar-refractivity contribution in [2.75, 3.05) is 10.6 Å². The largest absolute Gasteiger partial charge is 0.332 e. The zero-order valence-electron chi connectivity index (χ0n) is 13.7. The summed E-state index contributed by atoms with van der Waals surface area (Å²) in [7, 11) is 0. The molecule has 0 atom stereocenters. The van der Waals surface area contributed by atoms with E-state index in [0.29, 0.717) is 21.5 Å². The average Bonchev–Trinajstić information content (AvgIpc) is 2.96. The summed E-state index contributed by atoms with van der Waals surface area (Å²) in [5, 5.41) is 21.2. The highest BCUT2D eigenvalue weighted by Crippen LogP contribution is 2.22. The normalized spacial score (nSPS) is 10.4. The van der Waals surface area contributed by atoms with Crippen molar-refractivity contribution in [3.05, 3.63) is 80.7 Å². The molecule has 0 aliphatic carbocycles. The second-order valence-electron chi connectivity index (χ2n) is 5.50. The van der Waals surface area contributed by atoms with Gasteiger partial charge in [0, 0.05) is 29.6 Å². The maximum absolute atomic E-state index is 13.8. The van der Waals surface area contributed by atoms with Crippen LogP contribution in [-0.4, -0.2) is 19.8 Å². The topological polar surface area (TPSA) is 85.0 Å². The number of nitro groups is 1. The summed E-state index contributed by atoms with van der Waals surface area (Å²) < 4.78 is 16.0. The number of thiocarbonyl (C=S) groups is 1. The number of anilines is 2. The van der Waals surface area contributed by atoms with E-state index in [9.17, 15) is 14.5 Å². The first kappa shape index (κ1) is 18.9. The number of halogens is 2. The summed E-state index contributed by atoms with van der Waals surface area (Å²) in [5.41, 5.74) is 0.943. The summed E-state index contributed by atoms with van der Waals surface area (Å²) >= 11 is 8.60. The van der Waals surface area contributed by atoms with Crippen LogP contribution in [0.2, 0.25) is 0 Å². The molecular weight excluding hydrogens is 437 g/mol. The zero-order valence-corrected chi connectivity index (χ0v) is 16.1. The Kier molecular flexibility index (Phi) is 5.77. The number of rotatable bonds is 5. The summed E-state index contributed by atoms with van der Waals surface area (Å²) in [6.45, 7) is 0.262. The van der Waals surface area contributed by atoms with Gasteiger partial charge in [-0.3, -0.25) is 14.8 Å². The summed E-state index contributed by atoms with van der Waals surface area (Å²) in [6, 6.07) is 12.5. The molecule has 3 rings (SSSR count). The summed E-state index contributed by atoms with van der Waals surface area (Å²) in [5.74, 6) is 0.135. The van der Waals surface area contributed by atoms with Crippen molar-refractivity contribution in [3.8, 4) is 0 Å². The lowest BCUT2D eigenvalue weighted by Crippen LogP contribution is -2.19. The van der Waals surface area contributed by atoms with E-state index in [-0.39, 0.29) is 23.2 Å². The van der Waals surface area contributed by atoms with Gasteiger partial charge in [0.15, 0.2) is 10.9 Å². The number of nitro benzene ring substituents is 1. The lowest BCUT2D eigenvalue weighted by molar-refractivity contribution is -0.384. The quantitative estimate of drug-likeness (QED) is 0.337. The smallest absolute Gasteiger partial charge is 0.271 e. The van der Waals surface area contributed by atoms with Crippen molar-refractivity contribution < 1.29 is 9.31 Å². The van der Waals surface area contributed by atoms with Gasteiger partial charge in [0.05, 0.1) is 15.9 Å². The minimum absolute atomic E-state index is 0.0434. The summed E-state index contributed by atoms with van der Waals surface area (Å²) in [6.07, 6.45) is 1.70.